The number of terminal acetylenes is 1. The lowest BCUT2D eigenvalue weighted by molar-refractivity contribution is -0.137. The van der Waals surface area contributed by atoms with Crippen LogP contribution in [0.3, 0.4) is 0 Å². The Kier molecular flexibility index (Phi) is 5.32. The van der Waals surface area contributed by atoms with Crippen LogP contribution in [0.2, 0.25) is 0 Å². The summed E-state index contributed by atoms with van der Waals surface area (Å²) in [7, 11) is 0. The van der Waals surface area contributed by atoms with E-state index in [1.54, 1.807) is 0 Å². The van der Waals surface area contributed by atoms with Gasteiger partial charge < -0.3 is 10.4 Å². The van der Waals surface area contributed by atoms with E-state index in [-0.39, 0.29) is 18.8 Å². The number of hydrogen-bond donors (Lipinski definition) is 3. The number of amides is 1. The number of carbonyl (C=O) groups is 2. The molecule has 0 radical (unpaired) electrons. The van der Waals surface area contributed by atoms with Crippen molar-refractivity contribution in [2.24, 2.45) is 0 Å². The monoisotopic (exact) mass is 300 g/mol. The van der Waals surface area contributed by atoms with Crippen LogP contribution in [0.1, 0.15) is 15.9 Å². The summed E-state index contributed by atoms with van der Waals surface area (Å²) in [5, 5.41) is 13.7. The molecule has 0 bridgehead atoms. The number of carbonyl (C=O) groups excluding carboxylic acids is 1. The predicted molar refractivity (Wildman–Crippen MR) is 68.7 cm³/mol. The van der Waals surface area contributed by atoms with Gasteiger partial charge in [0.1, 0.15) is 0 Å². The molecule has 0 fully saturated rings. The highest BCUT2D eigenvalue weighted by molar-refractivity contribution is 6.01. The van der Waals surface area contributed by atoms with Gasteiger partial charge in [-0.2, -0.15) is 13.2 Å². The molecule has 0 aliphatic carbocycles. The fourth-order valence-electron chi connectivity index (χ4n) is 1.45. The van der Waals surface area contributed by atoms with Crippen molar-refractivity contribution in [3.05, 3.63) is 29.3 Å². The molecular weight excluding hydrogens is 289 g/mol. The van der Waals surface area contributed by atoms with Crippen molar-refractivity contribution < 1.29 is 27.9 Å². The number of rotatable bonds is 5. The zero-order chi connectivity index (χ0) is 16.0. The number of anilines is 1. The molecule has 5 nitrogen and oxygen atoms in total. The van der Waals surface area contributed by atoms with Crippen LogP contribution < -0.4 is 10.6 Å². The summed E-state index contributed by atoms with van der Waals surface area (Å²) in [6.45, 7) is -0.0590. The van der Waals surface area contributed by atoms with Crippen LogP contribution in [0.4, 0.5) is 18.9 Å². The maximum atomic E-state index is 12.5. The normalized spacial score (nSPS) is 10.8. The van der Waals surface area contributed by atoms with Gasteiger partial charge in [0.05, 0.1) is 29.9 Å². The number of benzene rings is 1. The fraction of sp³-hybridized carbons (Fsp3) is 0.231. The van der Waals surface area contributed by atoms with Crippen molar-refractivity contribution in [1.29, 1.82) is 0 Å². The van der Waals surface area contributed by atoms with Crippen LogP contribution in [0.15, 0.2) is 18.2 Å². The standard InChI is InChI=1S/C13H11F3N2O3/c1-2-5-17-7-11(19)18-10-4-3-8(13(14,15)16)6-9(10)12(20)21/h1,3-4,6,17H,5,7H2,(H,18,19)(H,20,21). The van der Waals surface area contributed by atoms with E-state index in [0.717, 1.165) is 6.07 Å². The second-order valence-corrected chi connectivity index (χ2v) is 3.92. The third kappa shape index (κ3) is 4.81. The molecule has 1 aromatic rings. The van der Waals surface area contributed by atoms with E-state index in [1.807, 2.05) is 0 Å². The minimum atomic E-state index is -4.67. The molecule has 0 aliphatic heterocycles. The van der Waals surface area contributed by atoms with Crippen molar-refractivity contribution in [2.45, 2.75) is 6.18 Å². The summed E-state index contributed by atoms with van der Waals surface area (Å²) in [5.41, 5.74) is -1.97. The maximum Gasteiger partial charge on any atom is 0.416 e. The molecule has 1 rings (SSSR count). The zero-order valence-corrected chi connectivity index (χ0v) is 10.6. The molecule has 0 heterocycles. The SMILES string of the molecule is C#CCNCC(=O)Nc1ccc(C(F)(F)F)cc1C(=O)O. The molecule has 0 aromatic heterocycles. The minimum Gasteiger partial charge on any atom is -0.478 e. The summed E-state index contributed by atoms with van der Waals surface area (Å²) >= 11 is 0. The molecule has 1 amide bonds. The summed E-state index contributed by atoms with van der Waals surface area (Å²) in [6, 6.07) is 2.05. The van der Waals surface area contributed by atoms with Crippen LogP contribution in [-0.4, -0.2) is 30.1 Å². The van der Waals surface area contributed by atoms with Gasteiger partial charge in [0.15, 0.2) is 0 Å². The van der Waals surface area contributed by atoms with E-state index in [4.69, 9.17) is 11.5 Å². The minimum absolute atomic E-state index is 0.131. The average molecular weight is 300 g/mol. The van der Waals surface area contributed by atoms with E-state index in [9.17, 15) is 22.8 Å². The summed E-state index contributed by atoms with van der Waals surface area (Å²) in [4.78, 5) is 22.5. The lowest BCUT2D eigenvalue weighted by Crippen LogP contribution is -2.28. The van der Waals surface area contributed by atoms with Gasteiger partial charge in [-0.05, 0) is 18.2 Å². The Morgan fingerprint density at radius 1 is 1.33 bits per heavy atom. The number of aromatic carboxylic acids is 1. The molecule has 21 heavy (non-hydrogen) atoms. The van der Waals surface area contributed by atoms with E-state index in [0.29, 0.717) is 12.1 Å². The van der Waals surface area contributed by atoms with Gasteiger partial charge in [-0.3, -0.25) is 10.1 Å². The molecule has 3 N–H and O–H groups in total. The van der Waals surface area contributed by atoms with E-state index >= 15 is 0 Å². The summed E-state index contributed by atoms with van der Waals surface area (Å²) in [6.07, 6.45) is 0.294. The van der Waals surface area contributed by atoms with E-state index in [2.05, 4.69) is 16.6 Å². The van der Waals surface area contributed by atoms with Gasteiger partial charge in [-0.1, -0.05) is 5.92 Å². The molecule has 112 valence electrons. The Balaban J connectivity index is 2.95. The third-order valence-corrected chi connectivity index (χ3v) is 2.36. The summed E-state index contributed by atoms with van der Waals surface area (Å²) < 4.78 is 37.6. The second kappa shape index (κ2) is 6.76. The fourth-order valence-corrected chi connectivity index (χ4v) is 1.45. The first-order valence-corrected chi connectivity index (χ1v) is 5.64. The Hall–Kier alpha value is -2.53. The number of hydrogen-bond acceptors (Lipinski definition) is 3. The van der Waals surface area contributed by atoms with Gasteiger partial charge >= 0.3 is 12.1 Å². The smallest absolute Gasteiger partial charge is 0.416 e. The predicted octanol–water partition coefficient (Wildman–Crippen LogP) is 1.56. The van der Waals surface area contributed by atoms with Crippen LogP contribution in [0.5, 0.6) is 0 Å². The van der Waals surface area contributed by atoms with Crippen LogP contribution in [0.25, 0.3) is 0 Å². The zero-order valence-electron chi connectivity index (χ0n) is 10.6. The molecule has 0 unspecified atom stereocenters. The van der Waals surface area contributed by atoms with Gasteiger partial charge in [0.25, 0.3) is 0 Å². The third-order valence-electron chi connectivity index (χ3n) is 2.36. The number of carboxylic acids is 1. The first kappa shape index (κ1) is 16.5. The van der Waals surface area contributed by atoms with Gasteiger partial charge in [-0.25, -0.2) is 4.79 Å². The van der Waals surface area contributed by atoms with Crippen molar-refractivity contribution in [3.63, 3.8) is 0 Å². The first-order chi connectivity index (χ1) is 9.75. The highest BCUT2D eigenvalue weighted by Crippen LogP contribution is 2.31. The number of halogens is 3. The maximum absolute atomic E-state index is 12.5. The van der Waals surface area contributed by atoms with E-state index in [1.165, 1.54) is 0 Å². The Labute approximate surface area is 118 Å². The van der Waals surface area contributed by atoms with Crippen LogP contribution in [-0.2, 0) is 11.0 Å². The molecule has 0 saturated carbocycles. The largest absolute Gasteiger partial charge is 0.478 e. The topological polar surface area (TPSA) is 78.4 Å². The first-order valence-electron chi connectivity index (χ1n) is 5.64. The van der Waals surface area contributed by atoms with Gasteiger partial charge in [-0.15, -0.1) is 6.42 Å². The Morgan fingerprint density at radius 3 is 2.52 bits per heavy atom. The van der Waals surface area contributed by atoms with E-state index < -0.39 is 29.2 Å². The molecule has 0 aliphatic rings. The summed E-state index contributed by atoms with van der Waals surface area (Å²) in [5.74, 6) is 0.0364. The number of alkyl halides is 3. The van der Waals surface area contributed by atoms with Crippen molar-refractivity contribution >= 4 is 17.6 Å². The van der Waals surface area contributed by atoms with Crippen molar-refractivity contribution in [1.82, 2.24) is 5.32 Å². The molecule has 1 aromatic carbocycles. The van der Waals surface area contributed by atoms with Crippen molar-refractivity contribution in [3.8, 4) is 12.3 Å². The molecule has 0 saturated heterocycles. The Morgan fingerprint density at radius 2 is 2.00 bits per heavy atom. The van der Waals surface area contributed by atoms with Crippen molar-refractivity contribution in [2.75, 3.05) is 18.4 Å². The lowest BCUT2D eigenvalue weighted by atomic mass is 10.1. The molecule has 0 atom stereocenters. The highest BCUT2D eigenvalue weighted by Gasteiger charge is 2.31. The second-order valence-electron chi connectivity index (χ2n) is 3.92. The van der Waals surface area contributed by atoms with Crippen LogP contribution >= 0.6 is 0 Å². The number of nitrogens with one attached hydrogen (secondary N) is 2. The lowest BCUT2D eigenvalue weighted by Gasteiger charge is -2.12. The molecular formula is C13H11F3N2O3. The van der Waals surface area contributed by atoms with Gasteiger partial charge in [0, 0.05) is 0 Å². The average Bonchev–Trinajstić information content (AvgIpc) is 2.37. The Bertz CT molecular complexity index is 591. The van der Waals surface area contributed by atoms with Crippen LogP contribution in [0, 0.1) is 12.3 Å². The molecule has 8 heteroatoms. The van der Waals surface area contributed by atoms with Gasteiger partial charge in [0.2, 0.25) is 5.91 Å². The quantitative estimate of drug-likeness (QED) is 0.570. The molecule has 0 spiro atoms. The highest BCUT2D eigenvalue weighted by atomic mass is 19.4. The number of carboxylic acid groups (broad SMARTS) is 1.